The minimum Gasteiger partial charge on any atom is -0.478 e. The highest BCUT2D eigenvalue weighted by molar-refractivity contribution is 5.81. The molecule has 144 valence electrons. The molecule has 0 unspecified atom stereocenters. The number of anilines is 1. The first kappa shape index (κ1) is 18.2. The molecule has 1 saturated heterocycles. The largest absolute Gasteiger partial charge is 0.478 e. The summed E-state index contributed by atoms with van der Waals surface area (Å²) in [6.07, 6.45) is 2.43. The van der Waals surface area contributed by atoms with Crippen molar-refractivity contribution < 1.29 is 14.6 Å². The van der Waals surface area contributed by atoms with Crippen LogP contribution >= 0.6 is 0 Å². The average Bonchev–Trinajstić information content (AvgIpc) is 2.67. The number of piperidine rings is 1. The molecule has 0 saturated carbocycles. The maximum absolute atomic E-state index is 12.1. The molecular weight excluding hydrogens is 356 g/mol. The molecule has 0 radical (unpaired) electrons. The Labute approximate surface area is 163 Å². The third kappa shape index (κ3) is 3.47. The minimum atomic E-state index is -1.26. The number of pyridine rings is 1. The van der Waals surface area contributed by atoms with E-state index >= 15 is 0 Å². The van der Waals surface area contributed by atoms with E-state index in [4.69, 9.17) is 4.74 Å². The molecule has 7 heteroatoms. The van der Waals surface area contributed by atoms with Crippen LogP contribution in [0.15, 0.2) is 42.6 Å². The predicted octanol–water partition coefficient (Wildman–Crippen LogP) is 3.14. The van der Waals surface area contributed by atoms with Gasteiger partial charge >= 0.3 is 5.97 Å². The van der Waals surface area contributed by atoms with Crippen molar-refractivity contribution in [3.63, 3.8) is 0 Å². The topological polar surface area (TPSA) is 88.4 Å². The molecule has 1 aliphatic rings. The van der Waals surface area contributed by atoms with Gasteiger partial charge in [-0.1, -0.05) is 6.07 Å². The van der Waals surface area contributed by atoms with Crippen molar-refractivity contribution in [2.75, 3.05) is 18.0 Å². The van der Waals surface area contributed by atoms with Gasteiger partial charge in [0.25, 0.3) is 0 Å². The summed E-state index contributed by atoms with van der Waals surface area (Å²) in [4.78, 5) is 27.4. The van der Waals surface area contributed by atoms with Crippen molar-refractivity contribution in [1.82, 2.24) is 15.0 Å². The van der Waals surface area contributed by atoms with E-state index < -0.39 is 11.6 Å². The number of carbonyl (C=O) groups is 1. The summed E-state index contributed by atoms with van der Waals surface area (Å²) in [6.45, 7) is 4.90. The zero-order valence-electron chi connectivity index (χ0n) is 15.9. The number of aromatic nitrogens is 3. The van der Waals surface area contributed by atoms with Crippen LogP contribution < -0.4 is 9.64 Å². The summed E-state index contributed by atoms with van der Waals surface area (Å²) in [5, 5.41) is 10.8. The van der Waals surface area contributed by atoms with Crippen molar-refractivity contribution in [1.29, 1.82) is 0 Å². The molecule has 3 heterocycles. The molecule has 28 heavy (non-hydrogen) atoms. The molecular formula is C21H22N4O3. The maximum atomic E-state index is 12.1. The number of ether oxygens (including phenoxy) is 1. The lowest BCUT2D eigenvalue weighted by Crippen LogP contribution is -2.53. The van der Waals surface area contributed by atoms with E-state index in [1.54, 1.807) is 12.3 Å². The molecule has 4 rings (SSSR count). The van der Waals surface area contributed by atoms with Gasteiger partial charge in [0.05, 0.1) is 5.52 Å². The predicted molar refractivity (Wildman–Crippen MR) is 106 cm³/mol. The van der Waals surface area contributed by atoms with Crippen molar-refractivity contribution >= 4 is 22.8 Å². The summed E-state index contributed by atoms with van der Waals surface area (Å²) in [5.41, 5.74) is 1.39. The van der Waals surface area contributed by atoms with Gasteiger partial charge in [0, 0.05) is 48.9 Å². The second-order valence-electron chi connectivity index (χ2n) is 7.20. The van der Waals surface area contributed by atoms with Gasteiger partial charge in [-0.3, -0.25) is 4.98 Å². The van der Waals surface area contributed by atoms with Gasteiger partial charge in [0.2, 0.25) is 11.5 Å². The number of nitrogens with zero attached hydrogens (tertiary/aromatic N) is 4. The van der Waals surface area contributed by atoms with Gasteiger partial charge in [-0.05, 0) is 44.2 Å². The lowest BCUT2D eigenvalue weighted by molar-refractivity contribution is -0.157. The van der Waals surface area contributed by atoms with Crippen LogP contribution in [0, 0.1) is 13.8 Å². The van der Waals surface area contributed by atoms with E-state index in [2.05, 4.69) is 15.0 Å². The van der Waals surface area contributed by atoms with Gasteiger partial charge in [-0.2, -0.15) is 0 Å². The van der Waals surface area contributed by atoms with E-state index in [1.807, 2.05) is 49.1 Å². The Morgan fingerprint density at radius 1 is 1.11 bits per heavy atom. The van der Waals surface area contributed by atoms with Gasteiger partial charge in [0.1, 0.15) is 5.75 Å². The van der Waals surface area contributed by atoms with Crippen LogP contribution in [0.4, 0.5) is 5.95 Å². The average molecular weight is 378 g/mol. The lowest BCUT2D eigenvalue weighted by Gasteiger charge is -2.39. The number of aliphatic carboxylic acids is 1. The SMILES string of the molecule is Cc1cc(C)nc(N2CCC(Oc3ccc4ncccc4c3)(C(=O)O)CC2)n1. The molecule has 0 amide bonds. The fourth-order valence-electron chi connectivity index (χ4n) is 3.62. The molecule has 1 fully saturated rings. The monoisotopic (exact) mass is 378 g/mol. The fraction of sp³-hybridized carbons (Fsp3) is 0.333. The first-order valence-electron chi connectivity index (χ1n) is 9.30. The molecule has 1 N–H and O–H groups in total. The number of carboxylic acid groups (broad SMARTS) is 1. The molecule has 2 aromatic heterocycles. The Kier molecular flexibility index (Phi) is 4.58. The second-order valence-corrected chi connectivity index (χ2v) is 7.20. The number of hydrogen-bond donors (Lipinski definition) is 1. The Hall–Kier alpha value is -3.22. The van der Waals surface area contributed by atoms with Crippen molar-refractivity contribution in [3.8, 4) is 5.75 Å². The third-order valence-corrected chi connectivity index (χ3v) is 5.10. The molecule has 0 aliphatic carbocycles. The van der Waals surface area contributed by atoms with Crippen molar-refractivity contribution in [3.05, 3.63) is 54.0 Å². The van der Waals surface area contributed by atoms with E-state index in [-0.39, 0.29) is 0 Å². The summed E-state index contributed by atoms with van der Waals surface area (Å²) < 4.78 is 6.05. The first-order chi connectivity index (χ1) is 13.4. The molecule has 7 nitrogen and oxygen atoms in total. The minimum absolute atomic E-state index is 0.351. The summed E-state index contributed by atoms with van der Waals surface area (Å²) in [6, 6.07) is 11.2. The van der Waals surface area contributed by atoms with Crippen LogP contribution in [0.1, 0.15) is 24.2 Å². The normalized spacial score (nSPS) is 16.1. The Morgan fingerprint density at radius 3 is 2.50 bits per heavy atom. The van der Waals surface area contributed by atoms with Gasteiger partial charge < -0.3 is 14.7 Å². The number of fused-ring (bicyclic) bond motifs is 1. The summed E-state index contributed by atoms with van der Waals surface area (Å²) in [5.74, 6) is 0.243. The third-order valence-electron chi connectivity index (χ3n) is 5.10. The smallest absolute Gasteiger partial charge is 0.348 e. The molecule has 3 aromatic rings. The number of rotatable bonds is 4. The molecule has 0 atom stereocenters. The number of hydrogen-bond acceptors (Lipinski definition) is 6. The fourth-order valence-corrected chi connectivity index (χ4v) is 3.62. The Bertz CT molecular complexity index is 1010. The van der Waals surface area contributed by atoms with E-state index in [0.717, 1.165) is 22.3 Å². The lowest BCUT2D eigenvalue weighted by atomic mass is 9.91. The van der Waals surface area contributed by atoms with Crippen LogP contribution in [-0.2, 0) is 4.79 Å². The van der Waals surface area contributed by atoms with Crippen LogP contribution in [-0.4, -0.2) is 44.7 Å². The maximum Gasteiger partial charge on any atom is 0.348 e. The van der Waals surface area contributed by atoms with Crippen LogP contribution in [0.25, 0.3) is 10.9 Å². The number of benzene rings is 1. The molecule has 0 bridgehead atoms. The van der Waals surface area contributed by atoms with Crippen molar-refractivity contribution in [2.24, 2.45) is 0 Å². The van der Waals surface area contributed by atoms with Gasteiger partial charge in [0.15, 0.2) is 0 Å². The van der Waals surface area contributed by atoms with Crippen LogP contribution in [0.2, 0.25) is 0 Å². The quantitative estimate of drug-likeness (QED) is 0.746. The van der Waals surface area contributed by atoms with Crippen molar-refractivity contribution in [2.45, 2.75) is 32.3 Å². The zero-order chi connectivity index (χ0) is 19.7. The molecule has 1 aromatic carbocycles. The Balaban J connectivity index is 1.55. The van der Waals surface area contributed by atoms with Crippen LogP contribution in [0.5, 0.6) is 5.75 Å². The highest BCUT2D eigenvalue weighted by Gasteiger charge is 2.44. The van der Waals surface area contributed by atoms with E-state index in [1.165, 1.54) is 0 Å². The first-order valence-corrected chi connectivity index (χ1v) is 9.30. The summed E-state index contributed by atoms with van der Waals surface area (Å²) >= 11 is 0. The Morgan fingerprint density at radius 2 is 1.82 bits per heavy atom. The van der Waals surface area contributed by atoms with E-state index in [0.29, 0.717) is 37.6 Å². The van der Waals surface area contributed by atoms with Gasteiger partial charge in [-0.25, -0.2) is 14.8 Å². The summed E-state index contributed by atoms with van der Waals surface area (Å²) in [7, 11) is 0. The van der Waals surface area contributed by atoms with E-state index in [9.17, 15) is 9.90 Å². The number of carboxylic acids is 1. The zero-order valence-corrected chi connectivity index (χ0v) is 15.9. The standard InChI is InChI=1S/C21H22N4O3/c1-14-12-15(2)24-20(23-14)25-10-7-21(8-11-25,19(26)27)28-17-5-6-18-16(13-17)4-3-9-22-18/h3-6,9,12-13H,7-8,10-11H2,1-2H3,(H,26,27). The second kappa shape index (κ2) is 7.07. The number of aryl methyl sites for hydroxylation is 2. The molecule has 1 aliphatic heterocycles. The van der Waals surface area contributed by atoms with Crippen LogP contribution in [0.3, 0.4) is 0 Å². The highest BCUT2D eigenvalue weighted by Crippen LogP contribution is 2.32. The highest BCUT2D eigenvalue weighted by atomic mass is 16.5. The van der Waals surface area contributed by atoms with Gasteiger partial charge in [-0.15, -0.1) is 0 Å². The molecule has 0 spiro atoms.